The van der Waals surface area contributed by atoms with Crippen molar-refractivity contribution in [1.29, 1.82) is 0 Å². The lowest BCUT2D eigenvalue weighted by atomic mass is 10.2. The van der Waals surface area contributed by atoms with E-state index in [0.29, 0.717) is 24.1 Å². The number of aromatic nitrogens is 2. The predicted molar refractivity (Wildman–Crippen MR) is 84.5 cm³/mol. The molecule has 6 heteroatoms. The fourth-order valence-corrected chi connectivity index (χ4v) is 2.65. The predicted octanol–water partition coefficient (Wildman–Crippen LogP) is 2.27. The summed E-state index contributed by atoms with van der Waals surface area (Å²) in [7, 11) is 2.11. The summed E-state index contributed by atoms with van der Waals surface area (Å²) in [5.74, 6) is 1.64. The SMILES string of the molecule is CSc1ccc(C[NH+](C)Cc2nnc(-c3ccco3)o2)cc1. The van der Waals surface area contributed by atoms with Gasteiger partial charge in [-0.1, -0.05) is 12.1 Å². The molecule has 2 heterocycles. The lowest BCUT2D eigenvalue weighted by Gasteiger charge is -2.11. The highest BCUT2D eigenvalue weighted by atomic mass is 32.2. The molecule has 0 fully saturated rings. The lowest BCUT2D eigenvalue weighted by Crippen LogP contribution is -3.06. The average molecular weight is 316 g/mol. The molecular weight excluding hydrogens is 298 g/mol. The molecule has 114 valence electrons. The van der Waals surface area contributed by atoms with Gasteiger partial charge in [0.2, 0.25) is 0 Å². The zero-order valence-corrected chi connectivity index (χ0v) is 13.4. The molecule has 0 radical (unpaired) electrons. The van der Waals surface area contributed by atoms with Gasteiger partial charge in [-0.3, -0.25) is 0 Å². The van der Waals surface area contributed by atoms with Crippen molar-refractivity contribution in [1.82, 2.24) is 10.2 Å². The fraction of sp³-hybridized carbons (Fsp3) is 0.250. The maximum Gasteiger partial charge on any atom is 0.283 e. The van der Waals surface area contributed by atoms with Crippen LogP contribution in [0, 0.1) is 0 Å². The zero-order chi connectivity index (χ0) is 15.4. The first kappa shape index (κ1) is 14.9. The van der Waals surface area contributed by atoms with E-state index in [1.165, 1.54) is 15.4 Å². The number of rotatable bonds is 6. The third-order valence-corrected chi connectivity index (χ3v) is 4.06. The van der Waals surface area contributed by atoms with Crippen molar-refractivity contribution in [3.05, 3.63) is 54.1 Å². The summed E-state index contributed by atoms with van der Waals surface area (Å²) in [6.45, 7) is 1.59. The molecule has 0 saturated carbocycles. The molecule has 0 bridgehead atoms. The van der Waals surface area contributed by atoms with Crippen molar-refractivity contribution in [3.63, 3.8) is 0 Å². The standard InChI is InChI=1S/C16H17N3O2S/c1-19(10-12-5-7-13(22-2)8-6-12)11-15-17-18-16(21-15)14-4-3-9-20-14/h3-9H,10-11H2,1-2H3/p+1. The van der Waals surface area contributed by atoms with Gasteiger partial charge in [-0.2, -0.15) is 0 Å². The first-order valence-electron chi connectivity index (χ1n) is 7.05. The Morgan fingerprint density at radius 2 is 1.91 bits per heavy atom. The molecule has 1 atom stereocenters. The van der Waals surface area contributed by atoms with Gasteiger partial charge < -0.3 is 13.7 Å². The molecule has 3 aromatic rings. The highest BCUT2D eigenvalue weighted by Crippen LogP contribution is 2.17. The van der Waals surface area contributed by atoms with E-state index in [4.69, 9.17) is 8.83 Å². The summed E-state index contributed by atoms with van der Waals surface area (Å²) < 4.78 is 10.9. The highest BCUT2D eigenvalue weighted by molar-refractivity contribution is 7.98. The summed E-state index contributed by atoms with van der Waals surface area (Å²) >= 11 is 1.75. The maximum atomic E-state index is 5.63. The lowest BCUT2D eigenvalue weighted by molar-refractivity contribution is -0.909. The summed E-state index contributed by atoms with van der Waals surface area (Å²) in [5.41, 5.74) is 1.29. The van der Waals surface area contributed by atoms with E-state index in [2.05, 4.69) is 47.8 Å². The minimum absolute atomic E-state index is 0.428. The van der Waals surface area contributed by atoms with E-state index < -0.39 is 0 Å². The monoisotopic (exact) mass is 316 g/mol. The smallest absolute Gasteiger partial charge is 0.283 e. The molecule has 22 heavy (non-hydrogen) atoms. The normalized spacial score (nSPS) is 12.5. The Kier molecular flexibility index (Phi) is 4.60. The molecule has 0 aliphatic carbocycles. The van der Waals surface area contributed by atoms with Gasteiger partial charge in [-0.25, -0.2) is 0 Å². The van der Waals surface area contributed by atoms with E-state index in [9.17, 15) is 0 Å². The Hall–Kier alpha value is -2.05. The number of nitrogens with zero attached hydrogens (tertiary/aromatic N) is 2. The molecule has 0 saturated heterocycles. The number of nitrogens with one attached hydrogen (secondary N) is 1. The van der Waals surface area contributed by atoms with Crippen LogP contribution in [0.4, 0.5) is 0 Å². The van der Waals surface area contributed by atoms with Crippen LogP contribution in [-0.4, -0.2) is 23.5 Å². The molecule has 1 unspecified atom stereocenters. The first-order chi connectivity index (χ1) is 10.7. The second-order valence-electron chi connectivity index (χ2n) is 5.14. The molecule has 2 aromatic heterocycles. The van der Waals surface area contributed by atoms with Crippen molar-refractivity contribution in [2.24, 2.45) is 0 Å². The van der Waals surface area contributed by atoms with Crippen LogP contribution in [0.3, 0.4) is 0 Å². The Morgan fingerprint density at radius 3 is 2.59 bits per heavy atom. The van der Waals surface area contributed by atoms with Gasteiger partial charge in [0.1, 0.15) is 6.54 Å². The Bertz CT molecular complexity index is 707. The molecule has 0 aliphatic rings. The number of hydrogen-bond donors (Lipinski definition) is 1. The summed E-state index contributed by atoms with van der Waals surface area (Å²) in [6.07, 6.45) is 3.67. The van der Waals surface area contributed by atoms with E-state index >= 15 is 0 Å². The molecule has 5 nitrogen and oxygen atoms in total. The Morgan fingerprint density at radius 1 is 1.09 bits per heavy atom. The molecule has 1 N–H and O–H groups in total. The van der Waals surface area contributed by atoms with E-state index in [1.807, 2.05) is 0 Å². The maximum absolute atomic E-state index is 5.63. The molecule has 0 amide bonds. The average Bonchev–Trinajstić information content (AvgIpc) is 3.19. The molecule has 3 rings (SSSR count). The van der Waals surface area contributed by atoms with Crippen LogP contribution in [0.15, 0.2) is 56.4 Å². The van der Waals surface area contributed by atoms with Crippen LogP contribution in [0.1, 0.15) is 11.5 Å². The van der Waals surface area contributed by atoms with Crippen molar-refractivity contribution in [3.8, 4) is 11.7 Å². The van der Waals surface area contributed by atoms with Crippen LogP contribution in [0.5, 0.6) is 0 Å². The summed E-state index contributed by atoms with van der Waals surface area (Å²) in [6, 6.07) is 12.2. The Labute approximate surface area is 133 Å². The van der Waals surface area contributed by atoms with Crippen LogP contribution in [-0.2, 0) is 13.1 Å². The number of furan rings is 1. The third kappa shape index (κ3) is 3.58. The van der Waals surface area contributed by atoms with Crippen molar-refractivity contribution in [2.45, 2.75) is 18.0 Å². The van der Waals surface area contributed by atoms with E-state index in [1.54, 1.807) is 30.2 Å². The molecule has 0 spiro atoms. The van der Waals surface area contributed by atoms with Gasteiger partial charge >= 0.3 is 0 Å². The Balaban J connectivity index is 1.60. The third-order valence-electron chi connectivity index (χ3n) is 3.32. The number of quaternary nitrogens is 1. The molecular formula is C16H18N3O2S+. The fourth-order valence-electron chi connectivity index (χ4n) is 2.24. The van der Waals surface area contributed by atoms with Crippen molar-refractivity contribution in [2.75, 3.05) is 13.3 Å². The topological polar surface area (TPSA) is 56.5 Å². The highest BCUT2D eigenvalue weighted by Gasteiger charge is 2.14. The van der Waals surface area contributed by atoms with E-state index in [-0.39, 0.29) is 0 Å². The van der Waals surface area contributed by atoms with Crippen molar-refractivity contribution >= 4 is 11.8 Å². The van der Waals surface area contributed by atoms with Crippen LogP contribution in [0.2, 0.25) is 0 Å². The minimum Gasteiger partial charge on any atom is -0.459 e. The quantitative estimate of drug-likeness (QED) is 0.707. The second-order valence-corrected chi connectivity index (χ2v) is 6.02. The van der Waals surface area contributed by atoms with Gasteiger partial charge in [-0.15, -0.1) is 22.0 Å². The van der Waals surface area contributed by atoms with Crippen LogP contribution >= 0.6 is 11.8 Å². The van der Waals surface area contributed by atoms with Crippen molar-refractivity contribution < 1.29 is 13.7 Å². The van der Waals surface area contributed by atoms with Gasteiger partial charge in [0.05, 0.1) is 13.3 Å². The number of benzene rings is 1. The van der Waals surface area contributed by atoms with Gasteiger partial charge in [0.15, 0.2) is 12.3 Å². The van der Waals surface area contributed by atoms with Gasteiger partial charge in [0, 0.05) is 10.5 Å². The number of hydrogen-bond acceptors (Lipinski definition) is 5. The van der Waals surface area contributed by atoms with Gasteiger partial charge in [0.25, 0.3) is 11.8 Å². The van der Waals surface area contributed by atoms with Crippen LogP contribution in [0.25, 0.3) is 11.7 Å². The summed E-state index contributed by atoms with van der Waals surface area (Å²) in [5, 5.41) is 8.10. The summed E-state index contributed by atoms with van der Waals surface area (Å²) in [4.78, 5) is 2.56. The number of thioether (sulfide) groups is 1. The first-order valence-corrected chi connectivity index (χ1v) is 8.27. The molecule has 0 aliphatic heterocycles. The van der Waals surface area contributed by atoms with E-state index in [0.717, 1.165) is 6.54 Å². The molecule has 1 aromatic carbocycles. The minimum atomic E-state index is 0.428. The zero-order valence-electron chi connectivity index (χ0n) is 12.6. The van der Waals surface area contributed by atoms with Crippen LogP contribution < -0.4 is 4.90 Å². The van der Waals surface area contributed by atoms with Gasteiger partial charge in [-0.05, 0) is 30.5 Å². The second kappa shape index (κ2) is 6.81. The largest absolute Gasteiger partial charge is 0.459 e.